The second-order valence-electron chi connectivity index (χ2n) is 4.94. The number of hydrogen-bond acceptors (Lipinski definition) is 4. The highest BCUT2D eigenvalue weighted by atomic mass is 32.1. The lowest BCUT2D eigenvalue weighted by Gasteiger charge is -2.38. The van der Waals surface area contributed by atoms with E-state index in [4.69, 9.17) is 4.74 Å². The van der Waals surface area contributed by atoms with Crippen LogP contribution in [0.5, 0.6) is 0 Å². The van der Waals surface area contributed by atoms with Gasteiger partial charge in [-0.1, -0.05) is 6.07 Å². The standard InChI is InChI=1S/C13H20N2OS/c1-14-13(12-5-3-7-17-12)11-8-15-6-2-4-10(15)9-16-11/h3,5,7,10-11,13-14H,2,4,6,8-9H2,1H3. The minimum absolute atomic E-state index is 0.299. The van der Waals surface area contributed by atoms with Crippen molar-refractivity contribution in [3.8, 4) is 0 Å². The summed E-state index contributed by atoms with van der Waals surface area (Å²) in [6.45, 7) is 3.24. The van der Waals surface area contributed by atoms with Crippen LogP contribution in [-0.2, 0) is 4.74 Å². The number of morpholine rings is 1. The third kappa shape index (κ3) is 2.27. The fourth-order valence-electron chi connectivity index (χ4n) is 3.02. The Balaban J connectivity index is 1.71. The minimum Gasteiger partial charge on any atom is -0.373 e. The van der Waals surface area contributed by atoms with Crippen molar-refractivity contribution in [2.45, 2.75) is 31.0 Å². The normalized spacial score (nSPS) is 31.4. The van der Waals surface area contributed by atoms with Crippen molar-refractivity contribution in [3.63, 3.8) is 0 Å². The fourth-order valence-corrected chi connectivity index (χ4v) is 3.91. The van der Waals surface area contributed by atoms with E-state index in [1.165, 1.54) is 24.3 Å². The van der Waals surface area contributed by atoms with Gasteiger partial charge >= 0.3 is 0 Å². The van der Waals surface area contributed by atoms with Crippen molar-refractivity contribution >= 4 is 11.3 Å². The van der Waals surface area contributed by atoms with E-state index in [2.05, 4.69) is 27.7 Å². The number of nitrogens with zero attached hydrogens (tertiary/aromatic N) is 1. The molecule has 94 valence electrons. The van der Waals surface area contributed by atoms with E-state index >= 15 is 0 Å². The van der Waals surface area contributed by atoms with Crippen LogP contribution in [0.15, 0.2) is 17.5 Å². The molecule has 17 heavy (non-hydrogen) atoms. The highest BCUT2D eigenvalue weighted by molar-refractivity contribution is 7.10. The average molecular weight is 252 g/mol. The SMILES string of the molecule is CNC(c1cccs1)C1CN2CCCC2CO1. The van der Waals surface area contributed by atoms with Crippen LogP contribution in [0.3, 0.4) is 0 Å². The Morgan fingerprint density at radius 2 is 2.53 bits per heavy atom. The molecule has 3 heterocycles. The molecule has 1 aromatic heterocycles. The molecule has 1 aromatic rings. The smallest absolute Gasteiger partial charge is 0.0905 e. The molecular formula is C13H20N2OS. The first-order valence-electron chi connectivity index (χ1n) is 6.45. The van der Waals surface area contributed by atoms with Gasteiger partial charge < -0.3 is 10.1 Å². The molecule has 1 N–H and O–H groups in total. The molecule has 3 unspecified atom stereocenters. The predicted octanol–water partition coefficient (Wildman–Crippen LogP) is 1.87. The number of rotatable bonds is 3. The van der Waals surface area contributed by atoms with E-state index in [1.807, 2.05) is 18.4 Å². The van der Waals surface area contributed by atoms with E-state index in [9.17, 15) is 0 Å². The van der Waals surface area contributed by atoms with Crippen molar-refractivity contribution in [3.05, 3.63) is 22.4 Å². The van der Waals surface area contributed by atoms with Crippen LogP contribution < -0.4 is 5.32 Å². The van der Waals surface area contributed by atoms with Gasteiger partial charge in [0.1, 0.15) is 0 Å². The van der Waals surface area contributed by atoms with E-state index < -0.39 is 0 Å². The maximum absolute atomic E-state index is 6.07. The number of nitrogens with one attached hydrogen (secondary N) is 1. The molecule has 0 spiro atoms. The maximum Gasteiger partial charge on any atom is 0.0905 e. The summed E-state index contributed by atoms with van der Waals surface area (Å²) in [5.74, 6) is 0. The average Bonchev–Trinajstić information content (AvgIpc) is 2.99. The summed E-state index contributed by atoms with van der Waals surface area (Å²) in [5, 5.41) is 5.55. The molecule has 2 fully saturated rings. The van der Waals surface area contributed by atoms with Crippen LogP contribution in [0.25, 0.3) is 0 Å². The molecular weight excluding hydrogens is 232 g/mol. The molecule has 2 saturated heterocycles. The van der Waals surface area contributed by atoms with Gasteiger partial charge in [0, 0.05) is 17.5 Å². The molecule has 3 nitrogen and oxygen atoms in total. The van der Waals surface area contributed by atoms with Crippen LogP contribution >= 0.6 is 11.3 Å². The highest BCUT2D eigenvalue weighted by Crippen LogP contribution is 2.30. The zero-order valence-electron chi connectivity index (χ0n) is 10.3. The number of hydrogen-bond donors (Lipinski definition) is 1. The van der Waals surface area contributed by atoms with Gasteiger partial charge in [-0.25, -0.2) is 0 Å². The van der Waals surface area contributed by atoms with Crippen LogP contribution in [-0.4, -0.2) is 43.8 Å². The molecule has 0 bridgehead atoms. The highest BCUT2D eigenvalue weighted by Gasteiger charge is 2.36. The topological polar surface area (TPSA) is 24.5 Å². The van der Waals surface area contributed by atoms with Crippen LogP contribution in [0.2, 0.25) is 0 Å². The molecule has 0 radical (unpaired) electrons. The molecule has 0 saturated carbocycles. The third-order valence-electron chi connectivity index (χ3n) is 3.95. The van der Waals surface area contributed by atoms with E-state index in [0.717, 1.165) is 13.2 Å². The number of ether oxygens (including phenoxy) is 1. The van der Waals surface area contributed by atoms with E-state index in [0.29, 0.717) is 18.2 Å². The van der Waals surface area contributed by atoms with Crippen molar-refractivity contribution in [1.29, 1.82) is 0 Å². The third-order valence-corrected chi connectivity index (χ3v) is 4.90. The van der Waals surface area contributed by atoms with Gasteiger partial charge in [-0.2, -0.15) is 0 Å². The van der Waals surface area contributed by atoms with Crippen LogP contribution in [0.4, 0.5) is 0 Å². The Labute approximate surface area is 107 Å². The van der Waals surface area contributed by atoms with Crippen molar-refractivity contribution < 1.29 is 4.74 Å². The first-order chi connectivity index (χ1) is 8.38. The van der Waals surface area contributed by atoms with Gasteiger partial charge in [0.25, 0.3) is 0 Å². The van der Waals surface area contributed by atoms with Gasteiger partial charge in [0.05, 0.1) is 18.8 Å². The molecule has 0 aliphatic carbocycles. The Kier molecular flexibility index (Phi) is 3.47. The summed E-state index contributed by atoms with van der Waals surface area (Å²) in [7, 11) is 2.03. The monoisotopic (exact) mass is 252 g/mol. The molecule has 2 aliphatic rings. The molecule has 3 rings (SSSR count). The van der Waals surface area contributed by atoms with E-state index in [-0.39, 0.29) is 0 Å². The molecule has 2 aliphatic heterocycles. The van der Waals surface area contributed by atoms with Crippen molar-refractivity contribution in [2.75, 3.05) is 26.7 Å². The number of likely N-dealkylation sites (N-methyl/N-ethyl adjacent to an activating group) is 1. The Hall–Kier alpha value is -0.420. The van der Waals surface area contributed by atoms with Gasteiger partial charge in [0.2, 0.25) is 0 Å². The molecule has 0 amide bonds. The lowest BCUT2D eigenvalue weighted by molar-refractivity contribution is -0.0637. The quantitative estimate of drug-likeness (QED) is 0.889. The minimum atomic E-state index is 0.299. The number of fused-ring (bicyclic) bond motifs is 1. The molecule has 0 aromatic carbocycles. The zero-order valence-corrected chi connectivity index (χ0v) is 11.1. The van der Waals surface area contributed by atoms with Gasteiger partial charge in [-0.15, -0.1) is 11.3 Å². The summed E-state index contributed by atoms with van der Waals surface area (Å²) in [5.41, 5.74) is 0. The molecule has 3 atom stereocenters. The maximum atomic E-state index is 6.07. The Morgan fingerprint density at radius 3 is 3.29 bits per heavy atom. The largest absolute Gasteiger partial charge is 0.373 e. The van der Waals surface area contributed by atoms with Crippen LogP contribution in [0.1, 0.15) is 23.8 Å². The van der Waals surface area contributed by atoms with Crippen LogP contribution in [0, 0.1) is 0 Å². The Bertz CT molecular complexity index is 354. The first-order valence-corrected chi connectivity index (χ1v) is 7.33. The molecule has 4 heteroatoms. The summed E-state index contributed by atoms with van der Waals surface area (Å²) in [6.07, 6.45) is 2.95. The zero-order chi connectivity index (χ0) is 11.7. The lowest BCUT2D eigenvalue weighted by Crippen LogP contribution is -2.50. The predicted molar refractivity (Wildman–Crippen MR) is 70.5 cm³/mol. The van der Waals surface area contributed by atoms with Gasteiger partial charge in [-0.3, -0.25) is 4.90 Å². The first kappa shape index (κ1) is 11.7. The van der Waals surface area contributed by atoms with Gasteiger partial charge in [0.15, 0.2) is 0 Å². The summed E-state index contributed by atoms with van der Waals surface area (Å²) >= 11 is 1.81. The van der Waals surface area contributed by atoms with E-state index in [1.54, 1.807) is 0 Å². The Morgan fingerprint density at radius 1 is 1.59 bits per heavy atom. The van der Waals surface area contributed by atoms with Crippen molar-refractivity contribution in [2.24, 2.45) is 0 Å². The second kappa shape index (κ2) is 5.06. The number of thiophene rings is 1. The van der Waals surface area contributed by atoms with Crippen molar-refractivity contribution in [1.82, 2.24) is 10.2 Å². The fraction of sp³-hybridized carbons (Fsp3) is 0.692. The summed E-state index contributed by atoms with van der Waals surface area (Å²) in [4.78, 5) is 3.99. The summed E-state index contributed by atoms with van der Waals surface area (Å²) < 4.78 is 6.07. The second-order valence-corrected chi connectivity index (χ2v) is 5.92. The summed E-state index contributed by atoms with van der Waals surface area (Å²) in [6, 6.07) is 5.35. The van der Waals surface area contributed by atoms with Gasteiger partial charge in [-0.05, 0) is 37.9 Å². The lowest BCUT2D eigenvalue weighted by atomic mass is 10.1.